The number of ether oxygens (including phenoxy) is 1. The number of para-hydroxylation sites is 1. The van der Waals surface area contributed by atoms with Crippen molar-refractivity contribution in [3.05, 3.63) is 29.8 Å². The van der Waals surface area contributed by atoms with Gasteiger partial charge < -0.3 is 4.74 Å². The maximum absolute atomic E-state index is 9.28. The molecule has 0 amide bonds. The smallest absolute Gasteiger partial charge is 0.123 e. The highest BCUT2D eigenvalue weighted by Crippen LogP contribution is 2.29. The summed E-state index contributed by atoms with van der Waals surface area (Å²) < 4.78 is 5.40. The average molecular weight is 258 g/mol. The van der Waals surface area contributed by atoms with Crippen LogP contribution in [0.15, 0.2) is 24.3 Å². The van der Waals surface area contributed by atoms with Crippen molar-refractivity contribution in [2.75, 3.05) is 14.2 Å². The maximum Gasteiger partial charge on any atom is 0.123 e. The molecule has 2 unspecified atom stereocenters. The summed E-state index contributed by atoms with van der Waals surface area (Å²) in [6, 6.07) is 11.0. The van der Waals surface area contributed by atoms with Crippen LogP contribution in [0.1, 0.15) is 31.2 Å². The second-order valence-electron chi connectivity index (χ2n) is 5.31. The Morgan fingerprint density at radius 1 is 1.32 bits per heavy atom. The van der Waals surface area contributed by atoms with Crippen molar-refractivity contribution >= 4 is 0 Å². The van der Waals surface area contributed by atoms with Gasteiger partial charge in [-0.3, -0.25) is 4.90 Å². The van der Waals surface area contributed by atoms with Gasteiger partial charge in [-0.2, -0.15) is 5.26 Å². The molecule has 2 atom stereocenters. The molecule has 0 spiro atoms. The van der Waals surface area contributed by atoms with E-state index >= 15 is 0 Å². The van der Waals surface area contributed by atoms with Gasteiger partial charge in [-0.25, -0.2) is 0 Å². The molecule has 0 bridgehead atoms. The van der Waals surface area contributed by atoms with Crippen LogP contribution in [0.2, 0.25) is 0 Å². The van der Waals surface area contributed by atoms with Crippen LogP contribution >= 0.6 is 0 Å². The summed E-state index contributed by atoms with van der Waals surface area (Å²) in [5.74, 6) is 1.10. The molecule has 0 aromatic heterocycles. The fourth-order valence-electron chi connectivity index (χ4n) is 3.01. The van der Waals surface area contributed by atoms with Gasteiger partial charge in [0.15, 0.2) is 0 Å². The van der Waals surface area contributed by atoms with Crippen molar-refractivity contribution in [1.82, 2.24) is 4.90 Å². The Morgan fingerprint density at radius 2 is 2.05 bits per heavy atom. The summed E-state index contributed by atoms with van der Waals surface area (Å²) in [5, 5.41) is 9.28. The van der Waals surface area contributed by atoms with E-state index in [-0.39, 0.29) is 5.92 Å². The van der Waals surface area contributed by atoms with E-state index in [1.54, 1.807) is 7.11 Å². The van der Waals surface area contributed by atoms with E-state index in [0.29, 0.717) is 6.04 Å². The third-order valence-corrected chi connectivity index (χ3v) is 4.07. The fourth-order valence-corrected chi connectivity index (χ4v) is 3.01. The zero-order chi connectivity index (χ0) is 13.7. The second kappa shape index (κ2) is 6.58. The number of nitriles is 1. The molecular formula is C16H22N2O. The molecule has 0 saturated heterocycles. The molecule has 19 heavy (non-hydrogen) atoms. The normalized spacial score (nSPS) is 23.1. The molecule has 1 aromatic carbocycles. The first kappa shape index (κ1) is 13.9. The highest BCUT2D eigenvalue weighted by Gasteiger charge is 2.28. The highest BCUT2D eigenvalue weighted by atomic mass is 16.5. The molecule has 102 valence electrons. The van der Waals surface area contributed by atoms with E-state index in [9.17, 15) is 5.26 Å². The summed E-state index contributed by atoms with van der Waals surface area (Å²) in [6.45, 7) is 0.840. The molecule has 3 heteroatoms. The van der Waals surface area contributed by atoms with E-state index in [4.69, 9.17) is 4.74 Å². The number of benzene rings is 1. The van der Waals surface area contributed by atoms with E-state index in [1.807, 2.05) is 18.2 Å². The monoisotopic (exact) mass is 258 g/mol. The van der Waals surface area contributed by atoms with Gasteiger partial charge in [0.1, 0.15) is 5.75 Å². The zero-order valence-corrected chi connectivity index (χ0v) is 11.8. The van der Waals surface area contributed by atoms with Crippen LogP contribution in [0.3, 0.4) is 0 Å². The minimum atomic E-state index is 0.174. The van der Waals surface area contributed by atoms with Gasteiger partial charge in [0.25, 0.3) is 0 Å². The first-order chi connectivity index (χ1) is 9.26. The Kier molecular flexibility index (Phi) is 4.81. The quantitative estimate of drug-likeness (QED) is 0.832. The summed E-state index contributed by atoms with van der Waals surface area (Å²) >= 11 is 0. The zero-order valence-electron chi connectivity index (χ0n) is 11.8. The highest BCUT2D eigenvalue weighted by molar-refractivity contribution is 5.33. The largest absolute Gasteiger partial charge is 0.496 e. The molecular weight excluding hydrogens is 236 g/mol. The summed E-state index contributed by atoms with van der Waals surface area (Å²) in [4.78, 5) is 2.31. The number of methoxy groups -OCH3 is 1. The summed E-state index contributed by atoms with van der Waals surface area (Å²) in [5.41, 5.74) is 1.19. The second-order valence-corrected chi connectivity index (χ2v) is 5.31. The van der Waals surface area contributed by atoms with Gasteiger partial charge >= 0.3 is 0 Å². The lowest BCUT2D eigenvalue weighted by molar-refractivity contribution is 0.149. The van der Waals surface area contributed by atoms with Gasteiger partial charge in [-0.05, 0) is 26.0 Å². The molecule has 1 aliphatic carbocycles. The lowest BCUT2D eigenvalue weighted by atomic mass is 9.84. The number of rotatable bonds is 4. The summed E-state index contributed by atoms with van der Waals surface area (Å²) in [6.07, 6.45) is 4.59. The van der Waals surface area contributed by atoms with Gasteiger partial charge in [0.05, 0.1) is 19.1 Å². The van der Waals surface area contributed by atoms with E-state index in [2.05, 4.69) is 24.1 Å². The average Bonchev–Trinajstić information content (AvgIpc) is 2.47. The van der Waals surface area contributed by atoms with Gasteiger partial charge in [0, 0.05) is 18.2 Å². The lowest BCUT2D eigenvalue weighted by Gasteiger charge is -2.34. The van der Waals surface area contributed by atoms with Gasteiger partial charge in [0.2, 0.25) is 0 Å². The van der Waals surface area contributed by atoms with Crippen LogP contribution < -0.4 is 4.74 Å². The van der Waals surface area contributed by atoms with E-state index in [0.717, 1.165) is 25.1 Å². The van der Waals surface area contributed by atoms with Crippen LogP contribution in [0.4, 0.5) is 0 Å². The summed E-state index contributed by atoms with van der Waals surface area (Å²) in [7, 11) is 3.82. The molecule has 3 nitrogen and oxygen atoms in total. The van der Waals surface area contributed by atoms with Crippen LogP contribution in [0.25, 0.3) is 0 Å². The molecule has 0 radical (unpaired) electrons. The first-order valence-electron chi connectivity index (χ1n) is 6.98. The Hall–Kier alpha value is -1.53. The number of hydrogen-bond acceptors (Lipinski definition) is 3. The number of hydrogen-bond donors (Lipinski definition) is 0. The molecule has 1 aliphatic rings. The number of nitrogens with zero attached hydrogens (tertiary/aromatic N) is 2. The van der Waals surface area contributed by atoms with Crippen LogP contribution in [-0.4, -0.2) is 25.1 Å². The minimum absolute atomic E-state index is 0.174. The van der Waals surface area contributed by atoms with Crippen molar-refractivity contribution in [1.29, 1.82) is 5.26 Å². The topological polar surface area (TPSA) is 36.3 Å². The van der Waals surface area contributed by atoms with Crippen molar-refractivity contribution in [3.8, 4) is 11.8 Å². The van der Waals surface area contributed by atoms with Gasteiger partial charge in [-0.1, -0.05) is 31.0 Å². The molecule has 2 rings (SSSR count). The molecule has 1 saturated carbocycles. The van der Waals surface area contributed by atoms with Crippen LogP contribution in [0, 0.1) is 17.2 Å². The molecule has 0 aliphatic heterocycles. The predicted octanol–water partition coefficient (Wildman–Crippen LogP) is 3.21. The molecule has 1 aromatic rings. The Bertz CT molecular complexity index is 452. The van der Waals surface area contributed by atoms with Crippen molar-refractivity contribution < 1.29 is 4.74 Å². The maximum atomic E-state index is 9.28. The molecule has 0 heterocycles. The first-order valence-corrected chi connectivity index (χ1v) is 6.98. The van der Waals surface area contributed by atoms with Crippen molar-refractivity contribution in [2.45, 2.75) is 38.3 Å². The Morgan fingerprint density at radius 3 is 2.79 bits per heavy atom. The third kappa shape index (κ3) is 3.27. The standard InChI is InChI=1S/C16H22N2O/c1-18(15-9-5-3-7-13(15)11-17)12-14-8-4-6-10-16(14)19-2/h4,6,8,10,13,15H,3,5,7,9,12H2,1-2H3. The van der Waals surface area contributed by atoms with E-state index in [1.165, 1.54) is 18.4 Å². The predicted molar refractivity (Wildman–Crippen MR) is 75.8 cm³/mol. The third-order valence-electron chi connectivity index (χ3n) is 4.07. The van der Waals surface area contributed by atoms with Crippen molar-refractivity contribution in [3.63, 3.8) is 0 Å². The lowest BCUT2D eigenvalue weighted by Crippen LogP contribution is -2.39. The Labute approximate surface area is 115 Å². The Balaban J connectivity index is 2.07. The fraction of sp³-hybridized carbons (Fsp3) is 0.562. The van der Waals surface area contributed by atoms with Crippen LogP contribution in [-0.2, 0) is 6.54 Å². The van der Waals surface area contributed by atoms with Crippen molar-refractivity contribution in [2.24, 2.45) is 5.92 Å². The minimum Gasteiger partial charge on any atom is -0.496 e. The van der Waals surface area contributed by atoms with Gasteiger partial charge in [-0.15, -0.1) is 0 Å². The molecule has 0 N–H and O–H groups in total. The SMILES string of the molecule is COc1ccccc1CN(C)C1CCCCC1C#N. The molecule has 1 fully saturated rings. The van der Waals surface area contributed by atoms with Crippen LogP contribution in [0.5, 0.6) is 5.75 Å². The van der Waals surface area contributed by atoms with E-state index < -0.39 is 0 Å².